The molecule has 2 unspecified atom stereocenters. The summed E-state index contributed by atoms with van der Waals surface area (Å²) in [5.74, 6) is 1.34. The number of aromatic nitrogens is 2. The molecule has 0 bridgehead atoms. The van der Waals surface area contributed by atoms with Gasteiger partial charge in [-0.25, -0.2) is 4.98 Å². The second-order valence-electron chi connectivity index (χ2n) is 6.58. The summed E-state index contributed by atoms with van der Waals surface area (Å²) in [5, 5.41) is 3.05. The van der Waals surface area contributed by atoms with E-state index in [9.17, 15) is 4.79 Å². The van der Waals surface area contributed by atoms with Gasteiger partial charge in [-0.15, -0.1) is 0 Å². The first-order chi connectivity index (χ1) is 8.81. The number of nitrogens with zero attached hydrogens (tertiary/aromatic N) is 1. The van der Waals surface area contributed by atoms with Crippen molar-refractivity contribution < 1.29 is 4.79 Å². The minimum Gasteiger partial charge on any atom is -0.347 e. The molecule has 0 radical (unpaired) electrons. The van der Waals surface area contributed by atoms with Crippen molar-refractivity contribution >= 4 is 5.91 Å². The molecular weight excluding hydrogens is 238 g/mol. The third-order valence-electron chi connectivity index (χ3n) is 3.09. The van der Waals surface area contributed by atoms with Crippen molar-refractivity contribution in [3.8, 4) is 0 Å². The van der Waals surface area contributed by atoms with Crippen molar-refractivity contribution in [1.29, 1.82) is 0 Å². The van der Waals surface area contributed by atoms with Gasteiger partial charge in [-0.3, -0.25) is 4.79 Å². The Morgan fingerprint density at radius 2 is 2.16 bits per heavy atom. The van der Waals surface area contributed by atoms with E-state index in [1.54, 1.807) is 12.4 Å². The maximum Gasteiger partial charge on any atom is 0.220 e. The summed E-state index contributed by atoms with van der Waals surface area (Å²) in [6, 6.07) is -0.00987. The first kappa shape index (κ1) is 15.7. The maximum atomic E-state index is 12.1. The molecule has 0 spiro atoms. The first-order valence-electron chi connectivity index (χ1n) is 7.10. The SMILES string of the molecule is CCC(NC(=O)CC(C)CC(C)(C)C)c1ncc[nH]1. The largest absolute Gasteiger partial charge is 0.347 e. The lowest BCUT2D eigenvalue weighted by Crippen LogP contribution is -2.30. The van der Waals surface area contributed by atoms with E-state index in [4.69, 9.17) is 0 Å². The van der Waals surface area contributed by atoms with E-state index in [-0.39, 0.29) is 17.4 Å². The van der Waals surface area contributed by atoms with Crippen LogP contribution in [0.2, 0.25) is 0 Å². The van der Waals surface area contributed by atoms with Gasteiger partial charge in [-0.1, -0.05) is 34.6 Å². The topological polar surface area (TPSA) is 57.8 Å². The highest BCUT2D eigenvalue weighted by atomic mass is 16.1. The molecule has 0 saturated heterocycles. The molecule has 2 atom stereocenters. The van der Waals surface area contributed by atoms with Crippen LogP contribution in [-0.2, 0) is 4.79 Å². The number of hydrogen-bond acceptors (Lipinski definition) is 2. The summed E-state index contributed by atoms with van der Waals surface area (Å²) in [6.45, 7) is 10.8. The van der Waals surface area contributed by atoms with Crippen molar-refractivity contribution in [2.24, 2.45) is 11.3 Å². The summed E-state index contributed by atoms with van der Waals surface area (Å²) in [7, 11) is 0. The number of carbonyl (C=O) groups is 1. The number of carbonyl (C=O) groups excluding carboxylic acids is 1. The molecule has 4 nitrogen and oxygen atoms in total. The van der Waals surface area contributed by atoms with Gasteiger partial charge in [0.2, 0.25) is 5.91 Å². The second kappa shape index (κ2) is 6.73. The molecule has 0 aliphatic heterocycles. The van der Waals surface area contributed by atoms with Crippen molar-refractivity contribution in [2.45, 2.75) is 59.9 Å². The van der Waals surface area contributed by atoms with Crippen LogP contribution in [-0.4, -0.2) is 15.9 Å². The number of H-pyrrole nitrogens is 1. The fourth-order valence-electron chi connectivity index (χ4n) is 2.52. The number of aromatic amines is 1. The van der Waals surface area contributed by atoms with Gasteiger partial charge in [0.25, 0.3) is 0 Å². The Bertz CT molecular complexity index is 379. The van der Waals surface area contributed by atoms with E-state index < -0.39 is 0 Å². The zero-order valence-corrected chi connectivity index (χ0v) is 12.8. The molecule has 1 amide bonds. The highest BCUT2D eigenvalue weighted by molar-refractivity contribution is 5.76. The van der Waals surface area contributed by atoms with Crippen molar-refractivity contribution in [2.75, 3.05) is 0 Å². The molecule has 1 heterocycles. The number of nitrogens with one attached hydrogen (secondary N) is 2. The van der Waals surface area contributed by atoms with Crippen LogP contribution in [0.3, 0.4) is 0 Å². The normalized spacial score (nSPS) is 15.0. The van der Waals surface area contributed by atoms with Crippen LogP contribution >= 0.6 is 0 Å². The molecule has 1 aromatic heterocycles. The summed E-state index contributed by atoms with van der Waals surface area (Å²) in [5.41, 5.74) is 0.269. The van der Waals surface area contributed by atoms with Crippen molar-refractivity contribution in [3.05, 3.63) is 18.2 Å². The van der Waals surface area contributed by atoms with Gasteiger partial charge in [0, 0.05) is 18.8 Å². The Morgan fingerprint density at radius 3 is 2.63 bits per heavy atom. The van der Waals surface area contributed by atoms with E-state index in [1.807, 2.05) is 6.92 Å². The van der Waals surface area contributed by atoms with Gasteiger partial charge >= 0.3 is 0 Å². The maximum absolute atomic E-state index is 12.1. The summed E-state index contributed by atoms with van der Waals surface area (Å²) >= 11 is 0. The molecule has 0 fully saturated rings. The third-order valence-corrected chi connectivity index (χ3v) is 3.09. The molecule has 2 N–H and O–H groups in total. The van der Waals surface area contributed by atoms with Crippen LogP contribution < -0.4 is 5.32 Å². The van der Waals surface area contributed by atoms with E-state index in [0.29, 0.717) is 12.3 Å². The lowest BCUT2D eigenvalue weighted by atomic mass is 9.84. The molecule has 0 aliphatic rings. The van der Waals surface area contributed by atoms with Gasteiger partial charge < -0.3 is 10.3 Å². The number of imidazole rings is 1. The Morgan fingerprint density at radius 1 is 1.47 bits per heavy atom. The molecule has 19 heavy (non-hydrogen) atoms. The molecule has 0 saturated carbocycles. The minimum atomic E-state index is -0.00987. The minimum absolute atomic E-state index is 0.00987. The Balaban J connectivity index is 2.46. The fraction of sp³-hybridized carbons (Fsp3) is 0.733. The second-order valence-corrected chi connectivity index (χ2v) is 6.58. The zero-order valence-electron chi connectivity index (χ0n) is 12.8. The van der Waals surface area contributed by atoms with Crippen LogP contribution in [0.15, 0.2) is 12.4 Å². The number of rotatable bonds is 6. The lowest BCUT2D eigenvalue weighted by molar-refractivity contribution is -0.122. The van der Waals surface area contributed by atoms with E-state index >= 15 is 0 Å². The van der Waals surface area contributed by atoms with E-state index in [2.05, 4.69) is 43.0 Å². The Kier molecular flexibility index (Phi) is 5.58. The predicted molar refractivity (Wildman–Crippen MR) is 77.6 cm³/mol. The highest BCUT2D eigenvalue weighted by Crippen LogP contribution is 2.26. The van der Waals surface area contributed by atoms with Gasteiger partial charge in [0.05, 0.1) is 6.04 Å². The van der Waals surface area contributed by atoms with Crippen LogP contribution in [0, 0.1) is 11.3 Å². The van der Waals surface area contributed by atoms with Gasteiger partial charge in [-0.05, 0) is 24.2 Å². The van der Waals surface area contributed by atoms with Crippen LogP contribution in [0.4, 0.5) is 0 Å². The average molecular weight is 265 g/mol. The third kappa shape index (κ3) is 5.90. The number of hydrogen-bond donors (Lipinski definition) is 2. The molecule has 1 rings (SSSR count). The molecule has 0 aliphatic carbocycles. The zero-order chi connectivity index (χ0) is 14.5. The summed E-state index contributed by atoms with van der Waals surface area (Å²) in [6.07, 6.45) is 5.97. The smallest absolute Gasteiger partial charge is 0.220 e. The van der Waals surface area contributed by atoms with Gasteiger partial charge in [0.15, 0.2) is 0 Å². The highest BCUT2D eigenvalue weighted by Gasteiger charge is 2.20. The molecular formula is C15H27N3O. The van der Waals surface area contributed by atoms with Crippen LogP contribution in [0.5, 0.6) is 0 Å². The Hall–Kier alpha value is -1.32. The van der Waals surface area contributed by atoms with Gasteiger partial charge in [-0.2, -0.15) is 0 Å². The van der Waals surface area contributed by atoms with Crippen LogP contribution in [0.25, 0.3) is 0 Å². The molecule has 4 heteroatoms. The summed E-state index contributed by atoms with van der Waals surface area (Å²) in [4.78, 5) is 19.3. The average Bonchev–Trinajstić information content (AvgIpc) is 2.75. The standard InChI is InChI=1S/C15H27N3O/c1-6-12(14-16-7-8-17-14)18-13(19)9-11(2)10-15(3,4)5/h7-8,11-12H,6,9-10H2,1-5H3,(H,16,17)(H,18,19). The molecule has 0 aromatic carbocycles. The van der Waals surface area contributed by atoms with E-state index in [0.717, 1.165) is 18.7 Å². The van der Waals surface area contributed by atoms with Crippen LogP contribution in [0.1, 0.15) is 65.7 Å². The quantitative estimate of drug-likeness (QED) is 0.827. The number of amides is 1. The van der Waals surface area contributed by atoms with E-state index in [1.165, 1.54) is 0 Å². The fourth-order valence-corrected chi connectivity index (χ4v) is 2.52. The monoisotopic (exact) mass is 265 g/mol. The van der Waals surface area contributed by atoms with Gasteiger partial charge in [0.1, 0.15) is 5.82 Å². The lowest BCUT2D eigenvalue weighted by Gasteiger charge is -2.23. The van der Waals surface area contributed by atoms with Crippen molar-refractivity contribution in [3.63, 3.8) is 0 Å². The molecule has 108 valence electrons. The molecule has 1 aromatic rings. The predicted octanol–water partition coefficient (Wildman–Crippen LogP) is 3.44. The summed E-state index contributed by atoms with van der Waals surface area (Å²) < 4.78 is 0. The Labute approximate surface area is 116 Å². The van der Waals surface area contributed by atoms with Crippen molar-refractivity contribution in [1.82, 2.24) is 15.3 Å². The first-order valence-corrected chi connectivity index (χ1v) is 7.10.